The number of rotatable bonds is 3. The first-order valence-electron chi connectivity index (χ1n) is 15.7. The highest BCUT2D eigenvalue weighted by Gasteiger charge is 2.51. The predicted octanol–water partition coefficient (Wildman–Crippen LogP) is 10.6. The zero-order valence-electron chi connectivity index (χ0n) is 25.1. The van der Waals surface area contributed by atoms with E-state index in [2.05, 4.69) is 91.0 Å². The number of fused-ring (bicyclic) bond motifs is 11. The summed E-state index contributed by atoms with van der Waals surface area (Å²) in [4.78, 5) is 16.0. The van der Waals surface area contributed by atoms with E-state index < -0.39 is 5.41 Å². The topological polar surface area (TPSA) is 47.9 Å². The van der Waals surface area contributed by atoms with Crippen LogP contribution in [-0.2, 0) is 5.41 Å². The van der Waals surface area contributed by atoms with E-state index in [-0.39, 0.29) is 0 Å². The molecule has 2 aliphatic rings. The molecule has 10 rings (SSSR count). The summed E-state index contributed by atoms with van der Waals surface area (Å²) in [7, 11) is 0. The fraction of sp³-hybridized carbons (Fsp3) is 0.0238. The van der Waals surface area contributed by atoms with Crippen molar-refractivity contribution in [2.75, 3.05) is 0 Å². The van der Waals surface area contributed by atoms with Gasteiger partial charge in [0.2, 0.25) is 0 Å². The third kappa shape index (κ3) is 3.78. The maximum Gasteiger partial charge on any atom is 0.174 e. The maximum atomic E-state index is 6.52. The largest absolute Gasteiger partial charge is 0.457 e. The van der Waals surface area contributed by atoms with Gasteiger partial charge in [0.15, 0.2) is 17.5 Å². The number of para-hydroxylation sites is 2. The van der Waals surface area contributed by atoms with Crippen LogP contribution in [0.2, 0.25) is 0 Å². The molecule has 0 unspecified atom stereocenters. The average molecular weight is 620 g/mol. The summed E-state index contributed by atoms with van der Waals surface area (Å²) >= 11 is 1.75. The van der Waals surface area contributed by atoms with Crippen LogP contribution < -0.4 is 4.74 Å². The molecule has 0 amide bonds. The van der Waals surface area contributed by atoms with Crippen LogP contribution in [0.5, 0.6) is 11.5 Å². The molecule has 8 aromatic rings. The summed E-state index contributed by atoms with van der Waals surface area (Å²) in [6.45, 7) is 0. The molecular formula is C42H25N3OS. The lowest BCUT2D eigenvalue weighted by atomic mass is 9.66. The molecule has 6 aromatic carbocycles. The van der Waals surface area contributed by atoms with Gasteiger partial charge in [0.25, 0.3) is 0 Å². The Balaban J connectivity index is 1.24. The van der Waals surface area contributed by atoms with E-state index in [1.54, 1.807) is 11.3 Å². The van der Waals surface area contributed by atoms with Crippen molar-refractivity contribution in [3.05, 3.63) is 174 Å². The van der Waals surface area contributed by atoms with Crippen LogP contribution >= 0.6 is 11.3 Å². The number of benzene rings is 6. The third-order valence-corrected chi connectivity index (χ3v) is 10.6. The third-order valence-electron chi connectivity index (χ3n) is 9.41. The van der Waals surface area contributed by atoms with E-state index in [1.165, 1.54) is 43.5 Å². The van der Waals surface area contributed by atoms with Gasteiger partial charge in [-0.1, -0.05) is 133 Å². The summed E-state index contributed by atoms with van der Waals surface area (Å²) in [5.74, 6) is 3.80. The minimum Gasteiger partial charge on any atom is -0.457 e. The molecule has 220 valence electrons. The minimum absolute atomic E-state index is 0.496. The standard InChI is InChI=1S/C42H25N3OS/c1-3-13-26(14-4-1)39-43-40(27-15-5-2-6-16-27)45-41(44-39)36-25-28-23-24-33-37(38(28)47-36)29-17-7-8-18-30(29)42(33)31-19-9-11-21-34(31)46-35-22-12-10-20-32(35)42/h1-25H. The molecule has 0 saturated heterocycles. The molecule has 0 atom stereocenters. The van der Waals surface area contributed by atoms with E-state index in [1.807, 2.05) is 60.7 Å². The molecule has 4 nitrogen and oxygen atoms in total. The fourth-order valence-corrected chi connectivity index (χ4v) is 8.62. The summed E-state index contributed by atoms with van der Waals surface area (Å²) in [5.41, 5.74) is 8.82. The van der Waals surface area contributed by atoms with Gasteiger partial charge >= 0.3 is 0 Å². The summed E-state index contributed by atoms with van der Waals surface area (Å²) in [6, 6.07) is 52.9. The molecule has 47 heavy (non-hydrogen) atoms. The van der Waals surface area contributed by atoms with E-state index in [4.69, 9.17) is 19.7 Å². The Labute approximate surface area is 275 Å². The van der Waals surface area contributed by atoms with Gasteiger partial charge in [-0.15, -0.1) is 11.3 Å². The van der Waals surface area contributed by atoms with Crippen LogP contribution in [-0.4, -0.2) is 15.0 Å². The number of nitrogens with zero attached hydrogens (tertiary/aromatic N) is 3. The molecule has 3 heterocycles. The van der Waals surface area contributed by atoms with Crippen molar-refractivity contribution in [2.24, 2.45) is 0 Å². The average Bonchev–Trinajstić information content (AvgIpc) is 3.71. The molecule has 0 radical (unpaired) electrons. The van der Waals surface area contributed by atoms with Gasteiger partial charge in [0, 0.05) is 32.5 Å². The lowest BCUT2D eigenvalue weighted by Gasteiger charge is -2.39. The van der Waals surface area contributed by atoms with Gasteiger partial charge in [-0.2, -0.15) is 0 Å². The molecule has 0 N–H and O–H groups in total. The Kier molecular flexibility index (Phi) is 5.63. The van der Waals surface area contributed by atoms with Crippen LogP contribution in [0.3, 0.4) is 0 Å². The number of aromatic nitrogens is 3. The lowest BCUT2D eigenvalue weighted by Crippen LogP contribution is -2.32. The van der Waals surface area contributed by atoms with Crippen LogP contribution in [0, 0.1) is 0 Å². The van der Waals surface area contributed by atoms with Crippen molar-refractivity contribution in [3.8, 4) is 56.1 Å². The Hall–Kier alpha value is -5.91. The van der Waals surface area contributed by atoms with E-state index in [9.17, 15) is 0 Å². The quantitative estimate of drug-likeness (QED) is 0.197. The predicted molar refractivity (Wildman–Crippen MR) is 189 cm³/mol. The number of hydrogen-bond acceptors (Lipinski definition) is 5. The van der Waals surface area contributed by atoms with Crippen LogP contribution in [0.4, 0.5) is 0 Å². The fourth-order valence-electron chi connectivity index (χ4n) is 7.46. The minimum atomic E-state index is -0.496. The highest BCUT2D eigenvalue weighted by molar-refractivity contribution is 7.22. The zero-order valence-corrected chi connectivity index (χ0v) is 25.9. The Morgan fingerprint density at radius 3 is 1.64 bits per heavy atom. The van der Waals surface area contributed by atoms with Crippen molar-refractivity contribution in [1.82, 2.24) is 15.0 Å². The first-order chi connectivity index (χ1) is 23.3. The first kappa shape index (κ1) is 26.3. The van der Waals surface area contributed by atoms with E-state index in [0.717, 1.165) is 27.5 Å². The van der Waals surface area contributed by atoms with Crippen LogP contribution in [0.15, 0.2) is 152 Å². The SMILES string of the molecule is c1ccc(-c2nc(-c3ccccc3)nc(-c3cc4ccc5c(c4s3)-c3ccccc3C53c4ccccc4Oc4ccccc43)n2)cc1. The Bertz CT molecular complexity index is 2400. The highest BCUT2D eigenvalue weighted by atomic mass is 32.1. The molecule has 0 saturated carbocycles. The van der Waals surface area contributed by atoms with Gasteiger partial charge in [0.1, 0.15) is 11.5 Å². The van der Waals surface area contributed by atoms with Crippen LogP contribution in [0.1, 0.15) is 22.3 Å². The van der Waals surface area contributed by atoms with Gasteiger partial charge < -0.3 is 4.74 Å². The summed E-state index contributed by atoms with van der Waals surface area (Å²) < 4.78 is 7.75. The van der Waals surface area contributed by atoms with Gasteiger partial charge in [-0.25, -0.2) is 15.0 Å². The van der Waals surface area contributed by atoms with Crippen molar-refractivity contribution >= 4 is 21.4 Å². The molecule has 1 aliphatic heterocycles. The molecule has 1 spiro atoms. The van der Waals surface area contributed by atoms with Crippen molar-refractivity contribution in [1.29, 1.82) is 0 Å². The van der Waals surface area contributed by atoms with E-state index >= 15 is 0 Å². The first-order valence-corrected chi connectivity index (χ1v) is 16.5. The normalized spacial score (nSPS) is 13.4. The molecule has 0 fully saturated rings. The highest BCUT2D eigenvalue weighted by Crippen LogP contribution is 2.63. The molecule has 1 aliphatic carbocycles. The smallest absolute Gasteiger partial charge is 0.174 e. The number of thiophene rings is 1. The second kappa shape index (κ2) is 10.0. The molecule has 2 aromatic heterocycles. The maximum absolute atomic E-state index is 6.52. The molecular weight excluding hydrogens is 595 g/mol. The van der Waals surface area contributed by atoms with Crippen LogP contribution in [0.25, 0.3) is 54.7 Å². The van der Waals surface area contributed by atoms with Crippen molar-refractivity contribution in [3.63, 3.8) is 0 Å². The second-order valence-corrected chi connectivity index (χ2v) is 13.0. The monoisotopic (exact) mass is 619 g/mol. The summed E-state index contributed by atoms with van der Waals surface area (Å²) in [6.07, 6.45) is 0. The van der Waals surface area contributed by atoms with Crippen molar-refractivity contribution in [2.45, 2.75) is 5.41 Å². The zero-order chi connectivity index (χ0) is 31.0. The van der Waals surface area contributed by atoms with E-state index in [0.29, 0.717) is 17.5 Å². The van der Waals surface area contributed by atoms with Crippen molar-refractivity contribution < 1.29 is 4.74 Å². The lowest BCUT2D eigenvalue weighted by molar-refractivity contribution is 0.436. The molecule has 0 bridgehead atoms. The van der Waals surface area contributed by atoms with Gasteiger partial charge in [-0.05, 0) is 40.3 Å². The number of hydrogen-bond donors (Lipinski definition) is 0. The number of ether oxygens (including phenoxy) is 1. The Morgan fingerprint density at radius 2 is 1.00 bits per heavy atom. The Morgan fingerprint density at radius 1 is 0.468 bits per heavy atom. The summed E-state index contributed by atoms with van der Waals surface area (Å²) in [5, 5.41) is 1.17. The van der Waals surface area contributed by atoms with Gasteiger partial charge in [-0.3, -0.25) is 0 Å². The van der Waals surface area contributed by atoms with Gasteiger partial charge in [0.05, 0.1) is 10.3 Å². The molecule has 5 heteroatoms. The second-order valence-electron chi connectivity index (χ2n) is 11.9.